The van der Waals surface area contributed by atoms with Gasteiger partial charge in [-0.05, 0) is 32.0 Å². The number of hydrogen-bond acceptors (Lipinski definition) is 3. The van der Waals surface area contributed by atoms with Gasteiger partial charge in [0.25, 0.3) is 0 Å². The zero-order chi connectivity index (χ0) is 11.4. The summed E-state index contributed by atoms with van der Waals surface area (Å²) in [5, 5.41) is 0. The van der Waals surface area contributed by atoms with Gasteiger partial charge in [0.05, 0.1) is 11.7 Å². The van der Waals surface area contributed by atoms with Gasteiger partial charge in [-0.3, -0.25) is 4.79 Å². The van der Waals surface area contributed by atoms with Crippen molar-refractivity contribution in [3.63, 3.8) is 0 Å². The van der Waals surface area contributed by atoms with Crippen LogP contribution < -0.4 is 5.73 Å². The van der Waals surface area contributed by atoms with Crippen LogP contribution in [0.5, 0.6) is 0 Å². The molecule has 0 aliphatic heterocycles. The molecule has 15 heavy (non-hydrogen) atoms. The normalized spacial score (nSPS) is 10.1. The zero-order valence-electron chi connectivity index (χ0n) is 8.69. The second-order valence-corrected chi connectivity index (χ2v) is 3.40. The predicted octanol–water partition coefficient (Wildman–Crippen LogP) is 1.35. The Hall–Kier alpha value is -1.84. The lowest BCUT2D eigenvalue weighted by Crippen LogP contribution is -2.14. The van der Waals surface area contributed by atoms with E-state index in [1.807, 2.05) is 0 Å². The Kier molecular flexibility index (Phi) is 3.44. The Morgan fingerprint density at radius 2 is 1.87 bits per heavy atom. The number of amides is 1. The molecule has 1 rings (SSSR count). The molecule has 0 bridgehead atoms. The zero-order valence-corrected chi connectivity index (χ0v) is 8.69. The third-order valence-corrected chi connectivity index (χ3v) is 1.73. The smallest absolute Gasteiger partial charge is 0.338 e. The number of nitrogens with two attached hydrogens (primary N) is 1. The largest absolute Gasteiger partial charge is 0.459 e. The number of rotatable bonds is 3. The number of hydrogen-bond donors (Lipinski definition) is 1. The maximum absolute atomic E-state index is 11.5. The number of carbonyl (C=O) groups is 2. The third-order valence-electron chi connectivity index (χ3n) is 1.73. The maximum atomic E-state index is 11.5. The average Bonchev–Trinajstić information content (AvgIpc) is 2.17. The first kappa shape index (κ1) is 11.2. The molecular weight excluding hydrogens is 194 g/mol. The van der Waals surface area contributed by atoms with Gasteiger partial charge in [-0.15, -0.1) is 0 Å². The SMILES string of the molecule is CC(C)OC(=O)c1cccc(C(N)=O)c1. The quantitative estimate of drug-likeness (QED) is 0.760. The van der Waals surface area contributed by atoms with E-state index < -0.39 is 11.9 Å². The number of ether oxygens (including phenoxy) is 1. The highest BCUT2D eigenvalue weighted by Gasteiger charge is 2.10. The van der Waals surface area contributed by atoms with Gasteiger partial charge in [0, 0.05) is 5.56 Å². The molecular formula is C11H13NO3. The van der Waals surface area contributed by atoms with Gasteiger partial charge in [0.2, 0.25) is 5.91 Å². The number of benzene rings is 1. The second-order valence-electron chi connectivity index (χ2n) is 3.40. The van der Waals surface area contributed by atoms with Crippen molar-refractivity contribution in [2.45, 2.75) is 20.0 Å². The van der Waals surface area contributed by atoms with Crippen LogP contribution in [0, 0.1) is 0 Å². The molecule has 0 unspecified atom stereocenters. The molecule has 0 spiro atoms. The van der Waals surface area contributed by atoms with E-state index in [1.54, 1.807) is 32.0 Å². The molecule has 1 aromatic carbocycles. The highest BCUT2D eigenvalue weighted by molar-refractivity contribution is 5.97. The van der Waals surface area contributed by atoms with Crippen molar-refractivity contribution in [3.8, 4) is 0 Å². The van der Waals surface area contributed by atoms with Gasteiger partial charge in [-0.1, -0.05) is 6.07 Å². The Labute approximate surface area is 88.0 Å². The fraction of sp³-hybridized carbons (Fsp3) is 0.273. The molecule has 0 aromatic heterocycles. The summed E-state index contributed by atoms with van der Waals surface area (Å²) < 4.78 is 4.98. The van der Waals surface area contributed by atoms with Crippen LogP contribution >= 0.6 is 0 Å². The highest BCUT2D eigenvalue weighted by atomic mass is 16.5. The maximum Gasteiger partial charge on any atom is 0.338 e. The van der Waals surface area contributed by atoms with Crippen LogP contribution in [0.15, 0.2) is 24.3 Å². The molecule has 0 atom stereocenters. The van der Waals surface area contributed by atoms with E-state index in [1.165, 1.54) is 6.07 Å². The number of esters is 1. The Morgan fingerprint density at radius 3 is 2.40 bits per heavy atom. The van der Waals surface area contributed by atoms with E-state index in [0.29, 0.717) is 11.1 Å². The van der Waals surface area contributed by atoms with E-state index in [4.69, 9.17) is 10.5 Å². The Morgan fingerprint density at radius 1 is 1.27 bits per heavy atom. The summed E-state index contributed by atoms with van der Waals surface area (Å²) in [6.07, 6.45) is -0.185. The first-order valence-electron chi connectivity index (χ1n) is 4.61. The first-order valence-corrected chi connectivity index (χ1v) is 4.61. The molecule has 80 valence electrons. The van der Waals surface area contributed by atoms with Crippen molar-refractivity contribution in [3.05, 3.63) is 35.4 Å². The van der Waals surface area contributed by atoms with Crippen LogP contribution in [0.25, 0.3) is 0 Å². The lowest BCUT2D eigenvalue weighted by molar-refractivity contribution is 0.0378. The van der Waals surface area contributed by atoms with Crippen molar-refractivity contribution in [2.24, 2.45) is 5.73 Å². The highest BCUT2D eigenvalue weighted by Crippen LogP contribution is 2.07. The van der Waals surface area contributed by atoms with Gasteiger partial charge < -0.3 is 10.5 Å². The van der Waals surface area contributed by atoms with Crippen molar-refractivity contribution < 1.29 is 14.3 Å². The summed E-state index contributed by atoms with van der Waals surface area (Å²) in [6, 6.07) is 6.15. The van der Waals surface area contributed by atoms with Crippen LogP contribution in [-0.2, 0) is 4.74 Å². The molecule has 0 heterocycles. The lowest BCUT2D eigenvalue weighted by Gasteiger charge is -2.07. The molecule has 2 N–H and O–H groups in total. The van der Waals surface area contributed by atoms with Crippen LogP contribution in [-0.4, -0.2) is 18.0 Å². The molecule has 0 fully saturated rings. The number of carbonyl (C=O) groups excluding carboxylic acids is 2. The molecule has 1 amide bonds. The van der Waals surface area contributed by atoms with Crippen LogP contribution in [0.3, 0.4) is 0 Å². The molecule has 0 saturated heterocycles. The van der Waals surface area contributed by atoms with E-state index in [0.717, 1.165) is 0 Å². The fourth-order valence-electron chi connectivity index (χ4n) is 1.08. The van der Waals surface area contributed by atoms with Crippen molar-refractivity contribution in [1.29, 1.82) is 0 Å². The van der Waals surface area contributed by atoms with Gasteiger partial charge >= 0.3 is 5.97 Å². The molecule has 0 saturated carbocycles. The summed E-state index contributed by atoms with van der Waals surface area (Å²) in [5.74, 6) is -1.01. The lowest BCUT2D eigenvalue weighted by atomic mass is 10.1. The Bertz CT molecular complexity index is 385. The summed E-state index contributed by atoms with van der Waals surface area (Å²) in [7, 11) is 0. The Balaban J connectivity index is 2.90. The minimum Gasteiger partial charge on any atom is -0.459 e. The van der Waals surface area contributed by atoms with Gasteiger partial charge in [-0.2, -0.15) is 0 Å². The molecule has 1 aromatic rings. The van der Waals surface area contributed by atoms with Gasteiger partial charge in [0.1, 0.15) is 0 Å². The molecule has 0 radical (unpaired) electrons. The van der Waals surface area contributed by atoms with Gasteiger partial charge in [-0.25, -0.2) is 4.79 Å². The summed E-state index contributed by atoms with van der Waals surface area (Å²) in [4.78, 5) is 22.3. The fourth-order valence-corrected chi connectivity index (χ4v) is 1.08. The van der Waals surface area contributed by atoms with Crippen molar-refractivity contribution in [2.75, 3.05) is 0 Å². The monoisotopic (exact) mass is 207 g/mol. The van der Waals surface area contributed by atoms with Crippen molar-refractivity contribution >= 4 is 11.9 Å². The topological polar surface area (TPSA) is 69.4 Å². The minimum atomic E-state index is -0.561. The van der Waals surface area contributed by atoms with E-state index in [9.17, 15) is 9.59 Å². The van der Waals surface area contributed by atoms with E-state index in [2.05, 4.69) is 0 Å². The summed E-state index contributed by atoms with van der Waals surface area (Å²) >= 11 is 0. The minimum absolute atomic E-state index is 0.185. The summed E-state index contributed by atoms with van der Waals surface area (Å²) in [5.41, 5.74) is 5.73. The van der Waals surface area contributed by atoms with E-state index in [-0.39, 0.29) is 6.10 Å². The second kappa shape index (κ2) is 4.59. The molecule has 4 heteroatoms. The van der Waals surface area contributed by atoms with Crippen LogP contribution in [0.2, 0.25) is 0 Å². The first-order chi connectivity index (χ1) is 7.00. The molecule has 4 nitrogen and oxygen atoms in total. The van der Waals surface area contributed by atoms with E-state index >= 15 is 0 Å². The summed E-state index contributed by atoms with van der Waals surface area (Å²) in [6.45, 7) is 3.52. The standard InChI is InChI=1S/C11H13NO3/c1-7(2)15-11(14)9-5-3-4-8(6-9)10(12)13/h3-7H,1-2H3,(H2,12,13). The predicted molar refractivity (Wildman–Crippen MR) is 55.5 cm³/mol. The van der Waals surface area contributed by atoms with Crippen molar-refractivity contribution in [1.82, 2.24) is 0 Å². The van der Waals surface area contributed by atoms with Gasteiger partial charge in [0.15, 0.2) is 0 Å². The third kappa shape index (κ3) is 3.09. The number of primary amides is 1. The molecule has 0 aliphatic carbocycles. The average molecular weight is 207 g/mol. The van der Waals surface area contributed by atoms with Crippen LogP contribution in [0.1, 0.15) is 34.6 Å². The molecule has 0 aliphatic rings. The van der Waals surface area contributed by atoms with Crippen LogP contribution in [0.4, 0.5) is 0 Å².